The van der Waals surface area contributed by atoms with Gasteiger partial charge in [-0.1, -0.05) is 12.1 Å². The van der Waals surface area contributed by atoms with Crippen molar-refractivity contribution in [3.63, 3.8) is 0 Å². The molecular formula is C18H20BNO3. The molecule has 23 heavy (non-hydrogen) atoms. The summed E-state index contributed by atoms with van der Waals surface area (Å²) in [5.41, 5.74) is 8.40. The van der Waals surface area contributed by atoms with E-state index in [-0.39, 0.29) is 18.3 Å². The standard InChI is InChI=1S/C18H20BNO3/c1-17(2)18(3,4)23-19(22-17)11-5-7-13-14-8-6-12(20)10-16(14)21-15(13)9-11/h5-10H,20H2,1-4H3. The van der Waals surface area contributed by atoms with Crippen molar-refractivity contribution in [1.29, 1.82) is 0 Å². The van der Waals surface area contributed by atoms with Gasteiger partial charge >= 0.3 is 7.12 Å². The predicted molar refractivity (Wildman–Crippen MR) is 93.8 cm³/mol. The zero-order valence-corrected chi connectivity index (χ0v) is 13.8. The van der Waals surface area contributed by atoms with Crippen LogP contribution in [0.15, 0.2) is 40.8 Å². The second-order valence-electron chi connectivity index (χ2n) is 7.20. The van der Waals surface area contributed by atoms with Gasteiger partial charge < -0.3 is 19.5 Å². The lowest BCUT2D eigenvalue weighted by Crippen LogP contribution is -2.41. The van der Waals surface area contributed by atoms with Gasteiger partial charge in [-0.2, -0.15) is 0 Å². The Labute approximate surface area is 135 Å². The van der Waals surface area contributed by atoms with Crippen LogP contribution in [-0.4, -0.2) is 18.3 Å². The average molecular weight is 309 g/mol. The van der Waals surface area contributed by atoms with E-state index < -0.39 is 0 Å². The van der Waals surface area contributed by atoms with Gasteiger partial charge in [0.05, 0.1) is 11.2 Å². The highest BCUT2D eigenvalue weighted by molar-refractivity contribution is 6.62. The van der Waals surface area contributed by atoms with Gasteiger partial charge in [0, 0.05) is 22.5 Å². The molecule has 2 heterocycles. The maximum Gasteiger partial charge on any atom is 0.494 e. The minimum absolute atomic E-state index is 0.352. The molecule has 4 rings (SSSR count). The number of benzene rings is 2. The number of furan rings is 1. The molecule has 3 aromatic rings. The summed E-state index contributed by atoms with van der Waals surface area (Å²) in [5, 5.41) is 2.13. The molecule has 0 saturated carbocycles. The number of fused-ring (bicyclic) bond motifs is 3. The van der Waals surface area contributed by atoms with Crippen LogP contribution in [0.2, 0.25) is 0 Å². The average Bonchev–Trinajstić information content (AvgIpc) is 2.91. The topological polar surface area (TPSA) is 57.6 Å². The molecule has 0 unspecified atom stereocenters. The normalized spacial score (nSPS) is 19.7. The Kier molecular flexibility index (Phi) is 2.87. The van der Waals surface area contributed by atoms with Gasteiger partial charge in [0.25, 0.3) is 0 Å². The third-order valence-corrected chi connectivity index (χ3v) is 5.05. The maximum atomic E-state index is 6.11. The Balaban J connectivity index is 1.79. The van der Waals surface area contributed by atoms with Crippen LogP contribution < -0.4 is 11.2 Å². The van der Waals surface area contributed by atoms with Gasteiger partial charge in [-0.25, -0.2) is 0 Å². The Morgan fingerprint density at radius 2 is 1.39 bits per heavy atom. The summed E-state index contributed by atoms with van der Waals surface area (Å²) in [6.45, 7) is 8.20. The number of nitrogens with two attached hydrogens (primary N) is 1. The van der Waals surface area contributed by atoms with Crippen molar-refractivity contribution in [1.82, 2.24) is 0 Å². The fraction of sp³-hybridized carbons (Fsp3) is 0.333. The van der Waals surface area contributed by atoms with Gasteiger partial charge in [0.2, 0.25) is 0 Å². The van der Waals surface area contributed by atoms with Crippen LogP contribution in [-0.2, 0) is 9.31 Å². The first-order chi connectivity index (χ1) is 10.8. The van der Waals surface area contributed by atoms with Gasteiger partial charge in [-0.15, -0.1) is 0 Å². The van der Waals surface area contributed by atoms with E-state index >= 15 is 0 Å². The van der Waals surface area contributed by atoms with Crippen molar-refractivity contribution in [3.05, 3.63) is 36.4 Å². The number of anilines is 1. The second-order valence-corrected chi connectivity index (χ2v) is 7.20. The molecule has 2 N–H and O–H groups in total. The molecule has 0 radical (unpaired) electrons. The highest BCUT2D eigenvalue weighted by atomic mass is 16.7. The highest BCUT2D eigenvalue weighted by Gasteiger charge is 2.51. The number of rotatable bonds is 1. The van der Waals surface area contributed by atoms with E-state index in [0.717, 1.165) is 27.4 Å². The van der Waals surface area contributed by atoms with Crippen molar-refractivity contribution >= 4 is 40.2 Å². The van der Waals surface area contributed by atoms with E-state index in [1.165, 1.54) is 0 Å². The van der Waals surface area contributed by atoms with E-state index in [0.29, 0.717) is 5.69 Å². The van der Waals surface area contributed by atoms with E-state index in [2.05, 4.69) is 33.8 Å². The smallest absolute Gasteiger partial charge is 0.456 e. The van der Waals surface area contributed by atoms with Crippen LogP contribution in [0.4, 0.5) is 5.69 Å². The molecule has 118 valence electrons. The summed E-state index contributed by atoms with van der Waals surface area (Å²) in [7, 11) is -0.386. The number of hydrogen-bond acceptors (Lipinski definition) is 4. The number of nitrogen functional groups attached to an aromatic ring is 1. The highest BCUT2D eigenvalue weighted by Crippen LogP contribution is 2.37. The van der Waals surface area contributed by atoms with Crippen molar-refractivity contribution in [3.8, 4) is 0 Å². The minimum Gasteiger partial charge on any atom is -0.456 e. The molecule has 1 aromatic heterocycles. The SMILES string of the molecule is CC1(C)OB(c2ccc3c(c2)oc2cc(N)ccc23)OC1(C)C. The third-order valence-electron chi connectivity index (χ3n) is 5.05. The van der Waals surface area contributed by atoms with Crippen LogP contribution >= 0.6 is 0 Å². The van der Waals surface area contributed by atoms with Gasteiger partial charge in [0.15, 0.2) is 0 Å². The summed E-state index contributed by atoms with van der Waals surface area (Å²) in [4.78, 5) is 0. The molecule has 0 aliphatic carbocycles. The minimum atomic E-state index is -0.386. The molecule has 2 aromatic carbocycles. The Bertz CT molecular complexity index is 897. The summed E-state index contributed by atoms with van der Waals surface area (Å²) in [5.74, 6) is 0. The molecule has 1 aliphatic heterocycles. The Morgan fingerprint density at radius 1 is 0.826 bits per heavy atom. The molecule has 4 nitrogen and oxygen atoms in total. The van der Waals surface area contributed by atoms with Gasteiger partial charge in [-0.3, -0.25) is 0 Å². The van der Waals surface area contributed by atoms with Crippen molar-refractivity contribution in [2.45, 2.75) is 38.9 Å². The van der Waals surface area contributed by atoms with Crippen LogP contribution in [0.3, 0.4) is 0 Å². The van der Waals surface area contributed by atoms with E-state index in [1.807, 2.05) is 30.3 Å². The second kappa shape index (κ2) is 4.52. The molecule has 0 spiro atoms. The van der Waals surface area contributed by atoms with E-state index in [9.17, 15) is 0 Å². The zero-order chi connectivity index (χ0) is 16.4. The monoisotopic (exact) mass is 309 g/mol. The Hall–Kier alpha value is -1.98. The Morgan fingerprint density at radius 3 is 2.04 bits per heavy atom. The molecule has 0 bridgehead atoms. The molecule has 0 amide bonds. The molecule has 1 aliphatic rings. The maximum absolute atomic E-state index is 6.11. The number of hydrogen-bond donors (Lipinski definition) is 1. The summed E-state index contributed by atoms with van der Waals surface area (Å²) < 4.78 is 18.2. The third kappa shape index (κ3) is 2.15. The lowest BCUT2D eigenvalue weighted by Gasteiger charge is -2.32. The molecule has 5 heteroatoms. The summed E-state index contributed by atoms with van der Waals surface area (Å²) >= 11 is 0. The van der Waals surface area contributed by atoms with E-state index in [1.54, 1.807) is 0 Å². The van der Waals surface area contributed by atoms with Gasteiger partial charge in [0.1, 0.15) is 11.2 Å². The van der Waals surface area contributed by atoms with Crippen LogP contribution in [0, 0.1) is 0 Å². The van der Waals surface area contributed by atoms with Crippen molar-refractivity contribution in [2.75, 3.05) is 5.73 Å². The quantitative estimate of drug-likeness (QED) is 0.552. The van der Waals surface area contributed by atoms with Gasteiger partial charge in [-0.05, 0) is 51.4 Å². The summed E-state index contributed by atoms with van der Waals surface area (Å²) in [6.07, 6.45) is 0. The predicted octanol–water partition coefficient (Wildman–Crippen LogP) is 3.47. The summed E-state index contributed by atoms with van der Waals surface area (Å²) in [6, 6.07) is 11.8. The lowest BCUT2D eigenvalue weighted by molar-refractivity contribution is 0.00578. The first-order valence-electron chi connectivity index (χ1n) is 7.84. The van der Waals surface area contributed by atoms with Crippen LogP contribution in [0.1, 0.15) is 27.7 Å². The molecule has 1 saturated heterocycles. The van der Waals surface area contributed by atoms with Crippen LogP contribution in [0.5, 0.6) is 0 Å². The largest absolute Gasteiger partial charge is 0.494 e. The molecule has 1 fully saturated rings. The molecule has 0 atom stereocenters. The van der Waals surface area contributed by atoms with Crippen molar-refractivity contribution < 1.29 is 13.7 Å². The first-order valence-corrected chi connectivity index (χ1v) is 7.84. The fourth-order valence-corrected chi connectivity index (χ4v) is 2.94. The first kappa shape index (κ1) is 14.6. The fourth-order valence-electron chi connectivity index (χ4n) is 2.94. The van der Waals surface area contributed by atoms with E-state index in [4.69, 9.17) is 19.5 Å². The lowest BCUT2D eigenvalue weighted by atomic mass is 9.79. The van der Waals surface area contributed by atoms with Crippen LogP contribution in [0.25, 0.3) is 21.9 Å². The van der Waals surface area contributed by atoms with Crippen molar-refractivity contribution in [2.24, 2.45) is 0 Å². The molecular weight excluding hydrogens is 289 g/mol. The zero-order valence-electron chi connectivity index (χ0n) is 13.8.